The largest absolute Gasteiger partial charge is 0.489 e. The molecule has 0 saturated heterocycles. The quantitative estimate of drug-likeness (QED) is 0.737. The Hall–Kier alpha value is -1.54. The van der Waals surface area contributed by atoms with E-state index in [2.05, 4.69) is 0 Å². The molecule has 0 amide bonds. The molecule has 1 aliphatic heterocycles. The van der Waals surface area contributed by atoms with Gasteiger partial charge in [0.05, 0.1) is 5.56 Å². The number of benzene rings is 2. The Labute approximate surface area is 110 Å². The molecule has 0 spiro atoms. The van der Waals surface area contributed by atoms with Crippen LogP contribution in [0.3, 0.4) is 0 Å². The summed E-state index contributed by atoms with van der Waals surface area (Å²) in [5.74, 6) is 0.339. The summed E-state index contributed by atoms with van der Waals surface area (Å²) < 4.78 is 19.8. The SMILES string of the molecule is CC1Cc2ccc(F)c(-c3ccccc3Cl)c2O1. The van der Waals surface area contributed by atoms with E-state index in [0.717, 1.165) is 12.0 Å². The minimum atomic E-state index is -0.295. The summed E-state index contributed by atoms with van der Waals surface area (Å²) in [4.78, 5) is 0. The molecule has 0 aliphatic carbocycles. The Kier molecular flexibility index (Phi) is 2.75. The van der Waals surface area contributed by atoms with Crippen molar-refractivity contribution in [1.82, 2.24) is 0 Å². The second-order valence-electron chi connectivity index (χ2n) is 4.52. The lowest BCUT2D eigenvalue weighted by Gasteiger charge is -2.12. The van der Waals surface area contributed by atoms with Crippen LogP contribution in [0, 0.1) is 5.82 Å². The van der Waals surface area contributed by atoms with E-state index in [1.165, 1.54) is 6.07 Å². The van der Waals surface area contributed by atoms with Crippen molar-refractivity contribution in [2.45, 2.75) is 19.4 Å². The minimum absolute atomic E-state index is 0.0861. The molecular formula is C15H12ClFO. The number of rotatable bonds is 1. The van der Waals surface area contributed by atoms with Crippen LogP contribution >= 0.6 is 11.6 Å². The van der Waals surface area contributed by atoms with E-state index >= 15 is 0 Å². The first kappa shape index (κ1) is 11.5. The molecule has 2 aromatic carbocycles. The highest BCUT2D eigenvalue weighted by molar-refractivity contribution is 6.33. The first-order valence-electron chi connectivity index (χ1n) is 5.89. The Bertz CT molecular complexity index is 609. The Balaban J connectivity index is 2.25. The lowest BCUT2D eigenvalue weighted by atomic mass is 10.00. The summed E-state index contributed by atoms with van der Waals surface area (Å²) in [5, 5.41) is 0.535. The summed E-state index contributed by atoms with van der Waals surface area (Å²) in [6.45, 7) is 1.98. The smallest absolute Gasteiger partial charge is 0.134 e. The Morgan fingerprint density at radius 1 is 1.22 bits per heavy atom. The van der Waals surface area contributed by atoms with Gasteiger partial charge in [0, 0.05) is 17.0 Å². The normalized spacial score (nSPS) is 17.4. The molecule has 0 N–H and O–H groups in total. The van der Waals surface area contributed by atoms with Gasteiger partial charge < -0.3 is 4.74 Å². The van der Waals surface area contributed by atoms with Crippen molar-refractivity contribution < 1.29 is 9.13 Å². The van der Waals surface area contributed by atoms with Gasteiger partial charge in [0.2, 0.25) is 0 Å². The van der Waals surface area contributed by atoms with Crippen molar-refractivity contribution in [3.05, 3.63) is 52.8 Å². The van der Waals surface area contributed by atoms with Crippen molar-refractivity contribution in [2.24, 2.45) is 0 Å². The van der Waals surface area contributed by atoms with Gasteiger partial charge in [0.15, 0.2) is 0 Å². The third-order valence-electron chi connectivity index (χ3n) is 3.16. The fourth-order valence-corrected chi connectivity index (χ4v) is 2.59. The van der Waals surface area contributed by atoms with Crippen LogP contribution in [-0.4, -0.2) is 6.10 Å². The molecule has 1 heterocycles. The summed E-state index contributed by atoms with van der Waals surface area (Å²) in [5.41, 5.74) is 2.20. The molecule has 3 heteroatoms. The van der Waals surface area contributed by atoms with E-state index in [4.69, 9.17) is 16.3 Å². The van der Waals surface area contributed by atoms with Crippen LogP contribution in [0.4, 0.5) is 4.39 Å². The zero-order chi connectivity index (χ0) is 12.7. The van der Waals surface area contributed by atoms with Gasteiger partial charge >= 0.3 is 0 Å². The number of hydrogen-bond acceptors (Lipinski definition) is 1. The minimum Gasteiger partial charge on any atom is -0.489 e. The number of ether oxygens (including phenoxy) is 1. The summed E-state index contributed by atoms with van der Waals surface area (Å²) in [6, 6.07) is 10.5. The third kappa shape index (κ3) is 1.77. The summed E-state index contributed by atoms with van der Waals surface area (Å²) >= 11 is 6.15. The number of fused-ring (bicyclic) bond motifs is 1. The van der Waals surface area contributed by atoms with Gasteiger partial charge in [-0.1, -0.05) is 35.9 Å². The summed E-state index contributed by atoms with van der Waals surface area (Å²) in [7, 11) is 0. The van der Waals surface area contributed by atoms with E-state index in [1.807, 2.05) is 25.1 Å². The summed E-state index contributed by atoms with van der Waals surface area (Å²) in [6.07, 6.45) is 0.899. The zero-order valence-electron chi connectivity index (χ0n) is 9.91. The fraction of sp³-hybridized carbons (Fsp3) is 0.200. The van der Waals surface area contributed by atoms with Gasteiger partial charge in [-0.3, -0.25) is 0 Å². The van der Waals surface area contributed by atoms with Crippen LogP contribution in [0.2, 0.25) is 5.02 Å². The lowest BCUT2D eigenvalue weighted by Crippen LogP contribution is -2.05. The van der Waals surface area contributed by atoms with Crippen LogP contribution < -0.4 is 4.74 Å². The van der Waals surface area contributed by atoms with Crippen molar-refractivity contribution in [3.8, 4) is 16.9 Å². The first-order chi connectivity index (χ1) is 8.66. The molecule has 0 fully saturated rings. The van der Waals surface area contributed by atoms with Gasteiger partial charge in [-0.2, -0.15) is 0 Å². The Morgan fingerprint density at radius 3 is 2.78 bits per heavy atom. The van der Waals surface area contributed by atoms with Crippen molar-refractivity contribution in [3.63, 3.8) is 0 Å². The van der Waals surface area contributed by atoms with E-state index in [1.54, 1.807) is 12.1 Å². The molecule has 1 nitrogen and oxygen atoms in total. The van der Waals surface area contributed by atoms with Crippen molar-refractivity contribution >= 4 is 11.6 Å². The fourth-order valence-electron chi connectivity index (χ4n) is 2.36. The second-order valence-corrected chi connectivity index (χ2v) is 4.93. The molecule has 1 atom stereocenters. The van der Waals surface area contributed by atoms with E-state index in [-0.39, 0.29) is 11.9 Å². The molecule has 3 rings (SSSR count). The predicted octanol–water partition coefficient (Wildman–Crippen LogP) is 4.47. The van der Waals surface area contributed by atoms with Crippen molar-refractivity contribution in [2.75, 3.05) is 0 Å². The molecule has 1 aliphatic rings. The predicted molar refractivity (Wildman–Crippen MR) is 70.6 cm³/mol. The van der Waals surface area contributed by atoms with Gasteiger partial charge in [0.25, 0.3) is 0 Å². The maximum Gasteiger partial charge on any atom is 0.134 e. The molecular weight excluding hydrogens is 251 g/mol. The molecule has 92 valence electrons. The first-order valence-corrected chi connectivity index (χ1v) is 6.27. The van der Waals surface area contributed by atoms with Crippen LogP contribution in [0.15, 0.2) is 36.4 Å². The molecule has 18 heavy (non-hydrogen) atoms. The van der Waals surface area contributed by atoms with E-state index < -0.39 is 0 Å². The lowest BCUT2D eigenvalue weighted by molar-refractivity contribution is 0.255. The molecule has 0 saturated carbocycles. The van der Waals surface area contributed by atoms with E-state index in [9.17, 15) is 4.39 Å². The van der Waals surface area contributed by atoms with E-state index in [0.29, 0.717) is 21.9 Å². The average molecular weight is 263 g/mol. The zero-order valence-corrected chi connectivity index (χ0v) is 10.7. The highest BCUT2D eigenvalue weighted by Crippen LogP contribution is 2.42. The Morgan fingerprint density at radius 2 is 2.00 bits per heavy atom. The molecule has 0 aromatic heterocycles. The van der Waals surface area contributed by atoms with Crippen LogP contribution in [0.5, 0.6) is 5.75 Å². The van der Waals surface area contributed by atoms with Crippen LogP contribution in [0.1, 0.15) is 12.5 Å². The van der Waals surface area contributed by atoms with Gasteiger partial charge in [-0.05, 0) is 24.6 Å². The molecule has 0 radical (unpaired) electrons. The average Bonchev–Trinajstić information content (AvgIpc) is 2.71. The topological polar surface area (TPSA) is 9.23 Å². The van der Waals surface area contributed by atoms with Gasteiger partial charge in [0.1, 0.15) is 17.7 Å². The van der Waals surface area contributed by atoms with Crippen LogP contribution in [-0.2, 0) is 6.42 Å². The highest BCUT2D eigenvalue weighted by atomic mass is 35.5. The maximum atomic E-state index is 14.1. The standard InChI is InChI=1S/C15H12ClFO/c1-9-8-10-6-7-13(17)14(15(10)18-9)11-4-2-3-5-12(11)16/h2-7,9H,8H2,1H3. The van der Waals surface area contributed by atoms with Gasteiger partial charge in [-0.15, -0.1) is 0 Å². The van der Waals surface area contributed by atoms with Gasteiger partial charge in [-0.25, -0.2) is 4.39 Å². The molecule has 1 unspecified atom stereocenters. The van der Waals surface area contributed by atoms with Crippen molar-refractivity contribution in [1.29, 1.82) is 0 Å². The number of halogens is 2. The number of hydrogen-bond donors (Lipinski definition) is 0. The monoisotopic (exact) mass is 262 g/mol. The third-order valence-corrected chi connectivity index (χ3v) is 3.49. The maximum absolute atomic E-state index is 14.1. The molecule has 0 bridgehead atoms. The highest BCUT2D eigenvalue weighted by Gasteiger charge is 2.25. The second kappa shape index (κ2) is 4.29. The van der Waals surface area contributed by atoms with Crippen LogP contribution in [0.25, 0.3) is 11.1 Å². The molecule has 2 aromatic rings.